The van der Waals surface area contributed by atoms with Gasteiger partial charge in [0, 0.05) is 51.5 Å². The average Bonchev–Trinajstić information content (AvgIpc) is 3.16. The van der Waals surface area contributed by atoms with Gasteiger partial charge in [0.2, 0.25) is 5.95 Å². The number of aliphatic hydroxyl groups is 1. The molecule has 1 unspecified atom stereocenters. The van der Waals surface area contributed by atoms with Gasteiger partial charge in [-0.15, -0.1) is 0 Å². The Morgan fingerprint density at radius 1 is 1.23 bits per heavy atom. The third-order valence-corrected chi connectivity index (χ3v) is 5.94. The second kappa shape index (κ2) is 8.17. The van der Waals surface area contributed by atoms with Gasteiger partial charge < -0.3 is 20.1 Å². The van der Waals surface area contributed by atoms with Crippen LogP contribution in [0.1, 0.15) is 29.5 Å². The number of rotatable bonds is 5. The van der Waals surface area contributed by atoms with Gasteiger partial charge in [-0.05, 0) is 25.2 Å². The van der Waals surface area contributed by atoms with Crippen LogP contribution in [0.4, 0.5) is 5.95 Å². The van der Waals surface area contributed by atoms with E-state index in [1.54, 1.807) is 6.20 Å². The van der Waals surface area contributed by atoms with E-state index in [1.807, 2.05) is 28.8 Å². The predicted octanol–water partition coefficient (Wildman–Crippen LogP) is 0.982. The molecule has 0 radical (unpaired) electrons. The normalized spacial score (nSPS) is 19.2. The molecule has 30 heavy (non-hydrogen) atoms. The maximum Gasteiger partial charge on any atom is 0.211 e. The molecule has 0 aliphatic carbocycles. The lowest BCUT2D eigenvalue weighted by molar-refractivity contribution is 0.154. The van der Waals surface area contributed by atoms with E-state index in [9.17, 15) is 5.11 Å². The van der Waals surface area contributed by atoms with Gasteiger partial charge in [0.1, 0.15) is 11.4 Å². The molecule has 0 bridgehead atoms. The summed E-state index contributed by atoms with van der Waals surface area (Å²) in [5.41, 5.74) is 3.44. The smallest absolute Gasteiger partial charge is 0.211 e. The number of fused-ring (bicyclic) bond motifs is 2. The molecule has 0 spiro atoms. The molecule has 0 aromatic carbocycles. The van der Waals surface area contributed by atoms with Crippen molar-refractivity contribution >= 4 is 11.6 Å². The Hall–Kier alpha value is -2.75. The van der Waals surface area contributed by atoms with Crippen LogP contribution in [0.3, 0.4) is 0 Å². The lowest BCUT2D eigenvalue weighted by Gasteiger charge is -2.32. The topological polar surface area (TPSA) is 91.1 Å². The van der Waals surface area contributed by atoms with Gasteiger partial charge in [-0.25, -0.2) is 9.97 Å². The highest BCUT2D eigenvalue weighted by Gasteiger charge is 2.28. The number of anilines is 1. The molecule has 3 aromatic heterocycles. The molecule has 2 N–H and O–H groups in total. The van der Waals surface area contributed by atoms with E-state index in [1.165, 1.54) is 0 Å². The molecule has 9 nitrogen and oxygen atoms in total. The molecule has 1 fully saturated rings. The van der Waals surface area contributed by atoms with Gasteiger partial charge in [-0.3, -0.25) is 14.3 Å². The van der Waals surface area contributed by atoms with Crippen molar-refractivity contribution in [2.45, 2.75) is 25.6 Å². The first-order valence-electron chi connectivity index (χ1n) is 10.5. The highest BCUT2D eigenvalue weighted by atomic mass is 16.5. The van der Waals surface area contributed by atoms with Crippen molar-refractivity contribution in [3.63, 3.8) is 0 Å². The number of hydrogen-bond acceptors (Lipinski definition) is 8. The van der Waals surface area contributed by atoms with Crippen LogP contribution in [0, 0.1) is 0 Å². The Kier molecular flexibility index (Phi) is 5.24. The van der Waals surface area contributed by atoms with Crippen LogP contribution in [0.2, 0.25) is 0 Å². The van der Waals surface area contributed by atoms with Gasteiger partial charge in [-0.2, -0.15) is 0 Å². The number of hydrogen-bond donors (Lipinski definition) is 2. The van der Waals surface area contributed by atoms with Gasteiger partial charge in [0.05, 0.1) is 36.3 Å². The number of aliphatic hydroxyl groups excluding tert-OH is 1. The van der Waals surface area contributed by atoms with E-state index in [0.29, 0.717) is 13.2 Å². The maximum absolute atomic E-state index is 10.2. The van der Waals surface area contributed by atoms with Gasteiger partial charge in [0.15, 0.2) is 0 Å². The van der Waals surface area contributed by atoms with Gasteiger partial charge in [0.25, 0.3) is 0 Å². The zero-order valence-electron chi connectivity index (χ0n) is 17.2. The fourth-order valence-corrected chi connectivity index (χ4v) is 4.43. The Morgan fingerprint density at radius 3 is 2.93 bits per heavy atom. The van der Waals surface area contributed by atoms with E-state index in [-0.39, 0.29) is 12.6 Å². The molecule has 2 aliphatic heterocycles. The number of nitrogens with zero attached hydrogens (tertiary/aromatic N) is 6. The molecular formula is C21H27N7O2. The average molecular weight is 409 g/mol. The second-order valence-corrected chi connectivity index (χ2v) is 7.79. The predicted molar refractivity (Wildman–Crippen MR) is 113 cm³/mol. The maximum atomic E-state index is 10.2. The minimum atomic E-state index is -0.0856. The first-order chi connectivity index (χ1) is 14.8. The number of imidazole rings is 1. The molecule has 5 heterocycles. The number of piperazine rings is 1. The lowest BCUT2D eigenvalue weighted by Crippen LogP contribution is -2.44. The quantitative estimate of drug-likeness (QED) is 0.645. The van der Waals surface area contributed by atoms with E-state index in [2.05, 4.69) is 32.1 Å². The number of nitrogens with one attached hydrogen (secondary N) is 1. The molecule has 9 heteroatoms. The van der Waals surface area contributed by atoms with Crippen molar-refractivity contribution in [2.24, 2.45) is 0 Å². The van der Waals surface area contributed by atoms with Gasteiger partial charge >= 0.3 is 0 Å². The summed E-state index contributed by atoms with van der Waals surface area (Å²) in [7, 11) is 2.08. The summed E-state index contributed by atoms with van der Waals surface area (Å²) in [6, 6.07) is 5.92. The highest BCUT2D eigenvalue weighted by molar-refractivity contribution is 5.51. The first-order valence-corrected chi connectivity index (χ1v) is 10.5. The van der Waals surface area contributed by atoms with Crippen molar-refractivity contribution in [1.82, 2.24) is 29.6 Å². The van der Waals surface area contributed by atoms with E-state index in [0.717, 1.165) is 67.0 Å². The van der Waals surface area contributed by atoms with Crippen LogP contribution in [-0.2, 0) is 13.2 Å². The van der Waals surface area contributed by atoms with Crippen LogP contribution in [-0.4, -0.2) is 69.2 Å². The molecule has 0 saturated carbocycles. The Bertz CT molecular complexity index is 1030. The summed E-state index contributed by atoms with van der Waals surface area (Å²) in [6.45, 7) is 4.81. The second-order valence-electron chi connectivity index (χ2n) is 7.79. The number of aromatic nitrogens is 4. The van der Waals surface area contributed by atoms with E-state index in [4.69, 9.17) is 9.72 Å². The van der Waals surface area contributed by atoms with Gasteiger partial charge in [-0.1, -0.05) is 0 Å². The SMILES string of the molecule is CN(Cc1nc2ccnc(N3CCNCC3)n2c1CO)C1CCOc2cccnc21. The van der Waals surface area contributed by atoms with Crippen LogP contribution in [0.25, 0.3) is 5.65 Å². The van der Waals surface area contributed by atoms with E-state index >= 15 is 0 Å². The molecular weight excluding hydrogens is 382 g/mol. The van der Waals surface area contributed by atoms with Crippen molar-refractivity contribution in [1.29, 1.82) is 0 Å². The van der Waals surface area contributed by atoms with Crippen LogP contribution < -0.4 is 15.0 Å². The number of pyridine rings is 1. The van der Waals surface area contributed by atoms with Crippen LogP contribution in [0.15, 0.2) is 30.6 Å². The summed E-state index contributed by atoms with van der Waals surface area (Å²) in [5.74, 6) is 1.70. The Balaban J connectivity index is 1.48. The summed E-state index contributed by atoms with van der Waals surface area (Å²) < 4.78 is 7.77. The number of ether oxygens (including phenoxy) is 1. The summed E-state index contributed by atoms with van der Waals surface area (Å²) in [6.07, 6.45) is 4.48. The summed E-state index contributed by atoms with van der Waals surface area (Å²) >= 11 is 0. The zero-order chi connectivity index (χ0) is 20.5. The molecule has 5 rings (SSSR count). The molecule has 1 saturated heterocycles. The molecule has 1 atom stereocenters. The highest BCUT2D eigenvalue weighted by Crippen LogP contribution is 2.34. The van der Waals surface area contributed by atoms with Crippen molar-refractivity contribution in [3.8, 4) is 5.75 Å². The molecule has 0 amide bonds. The largest absolute Gasteiger partial charge is 0.492 e. The third-order valence-electron chi connectivity index (χ3n) is 5.94. The summed E-state index contributed by atoms with van der Waals surface area (Å²) in [5, 5.41) is 13.6. The molecule has 158 valence electrons. The van der Waals surface area contributed by atoms with Crippen molar-refractivity contribution in [3.05, 3.63) is 47.7 Å². The van der Waals surface area contributed by atoms with E-state index < -0.39 is 0 Å². The fraction of sp³-hybridized carbons (Fsp3) is 0.476. The minimum Gasteiger partial charge on any atom is -0.492 e. The Labute approximate surface area is 175 Å². The fourth-order valence-electron chi connectivity index (χ4n) is 4.43. The molecule has 3 aromatic rings. The zero-order valence-corrected chi connectivity index (χ0v) is 17.2. The van der Waals surface area contributed by atoms with Crippen LogP contribution >= 0.6 is 0 Å². The van der Waals surface area contributed by atoms with Crippen LogP contribution in [0.5, 0.6) is 5.75 Å². The Morgan fingerprint density at radius 2 is 2.10 bits per heavy atom. The monoisotopic (exact) mass is 409 g/mol. The minimum absolute atomic E-state index is 0.0856. The lowest BCUT2D eigenvalue weighted by atomic mass is 10.0. The standard InChI is InChI=1S/C21H27N7O2/c1-26(16-5-12-30-18-3-2-6-23-20(16)18)13-15-17(14-29)28-19(25-15)4-7-24-21(28)27-10-8-22-9-11-27/h2-4,6-7,16,22,29H,5,8-14H2,1H3. The van der Waals surface area contributed by atoms with Crippen molar-refractivity contribution < 1.29 is 9.84 Å². The van der Waals surface area contributed by atoms with Crippen molar-refractivity contribution in [2.75, 3.05) is 44.7 Å². The summed E-state index contributed by atoms with van der Waals surface area (Å²) in [4.78, 5) is 18.5. The third kappa shape index (κ3) is 3.38. The molecule has 2 aliphatic rings. The first kappa shape index (κ1) is 19.2.